The predicted molar refractivity (Wildman–Crippen MR) is 113 cm³/mol. The number of ether oxygens (including phenoxy) is 2. The van der Waals surface area contributed by atoms with Crippen LogP contribution in [0, 0.1) is 15.9 Å². The van der Waals surface area contributed by atoms with Crippen molar-refractivity contribution in [1.82, 2.24) is 0 Å². The van der Waals surface area contributed by atoms with E-state index in [9.17, 15) is 24.4 Å². The molecule has 7 nitrogen and oxygen atoms in total. The van der Waals surface area contributed by atoms with Crippen LogP contribution < -0.4 is 4.74 Å². The number of aliphatic hydroxyl groups excluding tert-OH is 1. The molecule has 0 atom stereocenters. The molecule has 1 aliphatic heterocycles. The number of halogens is 1. The number of aryl methyl sites for hydroxylation is 1. The lowest BCUT2D eigenvalue weighted by Crippen LogP contribution is -2.49. The van der Waals surface area contributed by atoms with Crippen molar-refractivity contribution >= 4 is 17.0 Å². The van der Waals surface area contributed by atoms with Gasteiger partial charge in [0, 0.05) is 6.07 Å². The number of Topliss-reactive ketones (excluding diaryl/α,β-unsaturated/α-hetero) is 1. The Labute approximate surface area is 179 Å². The Balaban J connectivity index is 2.10. The summed E-state index contributed by atoms with van der Waals surface area (Å²) < 4.78 is 25.7. The number of nitro benzene ring substituents is 1. The van der Waals surface area contributed by atoms with Crippen molar-refractivity contribution in [2.75, 3.05) is 0 Å². The van der Waals surface area contributed by atoms with Crippen molar-refractivity contribution in [3.05, 3.63) is 69.2 Å². The average molecular weight is 429 g/mol. The molecule has 0 aromatic heterocycles. The maximum atomic E-state index is 14.3. The minimum atomic E-state index is -1.16. The number of hydrogen-bond donors (Lipinski definition) is 1. The quantitative estimate of drug-likeness (QED) is 0.497. The van der Waals surface area contributed by atoms with Gasteiger partial charge in [-0.15, -0.1) is 0 Å². The summed E-state index contributed by atoms with van der Waals surface area (Å²) in [6, 6.07) is 7.99. The van der Waals surface area contributed by atoms with E-state index < -0.39 is 21.9 Å². The van der Waals surface area contributed by atoms with Gasteiger partial charge in [0.25, 0.3) is 5.69 Å². The van der Waals surface area contributed by atoms with Crippen molar-refractivity contribution in [3.63, 3.8) is 0 Å². The Morgan fingerprint density at radius 1 is 1.13 bits per heavy atom. The van der Waals surface area contributed by atoms with E-state index in [-0.39, 0.29) is 34.3 Å². The topological polar surface area (TPSA) is 98.9 Å². The van der Waals surface area contributed by atoms with Gasteiger partial charge in [-0.2, -0.15) is 0 Å². The lowest BCUT2D eigenvalue weighted by molar-refractivity contribution is -0.385. The number of ketones is 1. The SMILES string of the molecule is CCc1ccc(Oc2ccc([N+](=O)[O-])cc2F)cc1C1=C(O)C(C)(C)OC(C)(C)C1=O. The molecule has 0 unspecified atom stereocenters. The lowest BCUT2D eigenvalue weighted by Gasteiger charge is -2.40. The molecule has 1 heterocycles. The fourth-order valence-corrected chi connectivity index (χ4v) is 3.67. The van der Waals surface area contributed by atoms with Gasteiger partial charge < -0.3 is 14.6 Å². The first-order valence-corrected chi connectivity index (χ1v) is 9.81. The highest BCUT2D eigenvalue weighted by atomic mass is 19.1. The van der Waals surface area contributed by atoms with Gasteiger partial charge in [-0.05, 0) is 63.4 Å². The number of carbonyl (C=O) groups is 1. The van der Waals surface area contributed by atoms with Crippen LogP contribution in [-0.2, 0) is 16.0 Å². The molecule has 0 saturated heterocycles. The molecule has 0 fully saturated rings. The zero-order chi connectivity index (χ0) is 23.1. The third-order valence-electron chi connectivity index (χ3n) is 5.18. The van der Waals surface area contributed by atoms with Gasteiger partial charge in [0.05, 0.1) is 16.6 Å². The predicted octanol–water partition coefficient (Wildman–Crippen LogP) is 5.51. The van der Waals surface area contributed by atoms with Crippen molar-refractivity contribution in [1.29, 1.82) is 0 Å². The first-order chi connectivity index (χ1) is 14.4. The maximum absolute atomic E-state index is 14.3. The van der Waals surface area contributed by atoms with Crippen LogP contribution in [0.4, 0.5) is 10.1 Å². The Hall–Kier alpha value is -3.26. The molecule has 2 aromatic rings. The van der Waals surface area contributed by atoms with E-state index >= 15 is 0 Å². The molecule has 0 radical (unpaired) electrons. The Bertz CT molecular complexity index is 1100. The molecule has 2 aromatic carbocycles. The lowest BCUT2D eigenvalue weighted by atomic mass is 9.81. The molecule has 0 amide bonds. The molecule has 0 aliphatic carbocycles. The largest absolute Gasteiger partial charge is 0.508 e. The zero-order valence-corrected chi connectivity index (χ0v) is 18.0. The van der Waals surface area contributed by atoms with E-state index in [0.717, 1.165) is 17.7 Å². The first-order valence-electron chi connectivity index (χ1n) is 9.81. The van der Waals surface area contributed by atoms with Crippen LogP contribution in [0.5, 0.6) is 11.5 Å². The molecule has 1 aliphatic rings. The Morgan fingerprint density at radius 3 is 2.39 bits per heavy atom. The Morgan fingerprint density at radius 2 is 1.81 bits per heavy atom. The molecule has 0 bridgehead atoms. The second kappa shape index (κ2) is 7.77. The molecule has 0 saturated carbocycles. The molecule has 31 heavy (non-hydrogen) atoms. The summed E-state index contributed by atoms with van der Waals surface area (Å²) >= 11 is 0. The van der Waals surface area contributed by atoms with Crippen LogP contribution in [0.25, 0.3) is 5.57 Å². The summed E-state index contributed by atoms with van der Waals surface area (Å²) in [5.74, 6) is -1.43. The number of rotatable bonds is 5. The second-order valence-electron chi connectivity index (χ2n) is 8.32. The van der Waals surface area contributed by atoms with E-state index in [1.54, 1.807) is 45.9 Å². The van der Waals surface area contributed by atoms with Crippen molar-refractivity contribution in [2.24, 2.45) is 0 Å². The third-order valence-corrected chi connectivity index (χ3v) is 5.18. The normalized spacial score (nSPS) is 17.5. The highest BCUT2D eigenvalue weighted by Crippen LogP contribution is 2.42. The standard InChI is InChI=1S/C23H24FNO6/c1-6-13-7-9-15(30-18-10-8-14(25(28)29)11-17(18)24)12-16(13)19-20(26)22(2,3)31-23(4,5)21(19)27/h7-12,26H,6H2,1-5H3. The van der Waals surface area contributed by atoms with Crippen LogP contribution in [0.2, 0.25) is 0 Å². The molecule has 3 rings (SSSR count). The van der Waals surface area contributed by atoms with Crippen molar-refractivity contribution in [3.8, 4) is 11.5 Å². The van der Waals surface area contributed by atoms with E-state index in [1.165, 1.54) is 6.07 Å². The molecule has 0 spiro atoms. The monoisotopic (exact) mass is 429 g/mol. The van der Waals surface area contributed by atoms with Gasteiger partial charge in [0.15, 0.2) is 17.3 Å². The van der Waals surface area contributed by atoms with Crippen molar-refractivity contribution in [2.45, 2.75) is 52.2 Å². The summed E-state index contributed by atoms with van der Waals surface area (Å²) in [7, 11) is 0. The van der Waals surface area contributed by atoms with Gasteiger partial charge in [0.2, 0.25) is 0 Å². The number of nitrogens with zero attached hydrogens (tertiary/aromatic N) is 1. The molecular weight excluding hydrogens is 405 g/mol. The van der Waals surface area contributed by atoms with Crippen LogP contribution in [0.3, 0.4) is 0 Å². The van der Waals surface area contributed by atoms with Gasteiger partial charge >= 0.3 is 0 Å². The fourth-order valence-electron chi connectivity index (χ4n) is 3.67. The maximum Gasteiger partial charge on any atom is 0.272 e. The van der Waals surface area contributed by atoms with Gasteiger partial charge in [-0.25, -0.2) is 4.39 Å². The van der Waals surface area contributed by atoms with Crippen molar-refractivity contribution < 1.29 is 28.7 Å². The van der Waals surface area contributed by atoms with E-state index in [0.29, 0.717) is 12.0 Å². The summed E-state index contributed by atoms with van der Waals surface area (Å²) in [6.07, 6.45) is 0.577. The minimum absolute atomic E-state index is 0.132. The van der Waals surface area contributed by atoms with Gasteiger partial charge in [-0.1, -0.05) is 13.0 Å². The number of non-ortho nitro benzene ring substituents is 1. The highest BCUT2D eigenvalue weighted by Gasteiger charge is 2.47. The first kappa shape index (κ1) is 22.4. The Kier molecular flexibility index (Phi) is 5.62. The fraction of sp³-hybridized carbons (Fsp3) is 0.348. The number of carbonyl (C=O) groups excluding carboxylic acids is 1. The van der Waals surface area contributed by atoms with E-state index in [4.69, 9.17) is 9.47 Å². The number of hydrogen-bond acceptors (Lipinski definition) is 6. The van der Waals surface area contributed by atoms with E-state index in [1.807, 2.05) is 6.92 Å². The van der Waals surface area contributed by atoms with Crippen LogP contribution >= 0.6 is 0 Å². The molecular formula is C23H24FNO6. The number of aliphatic hydroxyl groups is 1. The number of benzene rings is 2. The molecule has 8 heteroatoms. The summed E-state index contributed by atoms with van der Waals surface area (Å²) in [6.45, 7) is 8.54. The molecule has 164 valence electrons. The van der Waals surface area contributed by atoms with Crippen LogP contribution in [0.1, 0.15) is 45.7 Å². The zero-order valence-electron chi connectivity index (χ0n) is 18.0. The summed E-state index contributed by atoms with van der Waals surface area (Å²) in [4.78, 5) is 23.2. The highest BCUT2D eigenvalue weighted by molar-refractivity contribution is 6.26. The van der Waals surface area contributed by atoms with E-state index in [2.05, 4.69) is 0 Å². The minimum Gasteiger partial charge on any atom is -0.508 e. The number of nitro groups is 1. The van der Waals surface area contributed by atoms with Gasteiger partial charge in [-0.3, -0.25) is 14.9 Å². The summed E-state index contributed by atoms with van der Waals surface area (Å²) in [5.41, 5.74) is -1.24. The second-order valence-corrected chi connectivity index (χ2v) is 8.32. The smallest absolute Gasteiger partial charge is 0.272 e. The van der Waals surface area contributed by atoms with Crippen LogP contribution in [-0.4, -0.2) is 27.0 Å². The van der Waals surface area contributed by atoms with Gasteiger partial charge in [0.1, 0.15) is 22.7 Å². The third kappa shape index (κ3) is 4.16. The molecule has 1 N–H and O–H groups in total. The average Bonchev–Trinajstić information content (AvgIpc) is 2.68. The summed E-state index contributed by atoms with van der Waals surface area (Å²) in [5, 5.41) is 21.7. The van der Waals surface area contributed by atoms with Crippen LogP contribution in [0.15, 0.2) is 42.2 Å².